The Labute approximate surface area is 177 Å². The van der Waals surface area contributed by atoms with Crippen LogP contribution in [0.15, 0.2) is 84.9 Å². The van der Waals surface area contributed by atoms with Crippen LogP contribution in [-0.2, 0) is 21.2 Å². The van der Waals surface area contributed by atoms with Gasteiger partial charge in [0.1, 0.15) is 12.3 Å². The van der Waals surface area contributed by atoms with Crippen molar-refractivity contribution in [2.45, 2.75) is 6.42 Å². The summed E-state index contributed by atoms with van der Waals surface area (Å²) in [7, 11) is -3.71. The number of sulfonamides is 1. The maximum Gasteiger partial charge on any atom is 0.240 e. The number of carbonyl (C=O) groups is 1. The largest absolute Gasteiger partial charge is 0.455 e. The average molecular weight is 425 g/mol. The lowest BCUT2D eigenvalue weighted by atomic mass is 10.1. The van der Waals surface area contributed by atoms with Gasteiger partial charge in [0, 0.05) is 6.54 Å². The summed E-state index contributed by atoms with van der Waals surface area (Å²) in [6, 6.07) is 25.6. The lowest BCUT2D eigenvalue weighted by Crippen LogP contribution is -2.41. The molecule has 0 atom stereocenters. The van der Waals surface area contributed by atoms with E-state index in [1.807, 2.05) is 48.5 Å². The molecule has 156 valence electrons. The fourth-order valence-corrected chi connectivity index (χ4v) is 3.78. The Balaban J connectivity index is 1.73. The van der Waals surface area contributed by atoms with E-state index >= 15 is 0 Å². The number of anilines is 1. The normalized spacial score (nSPS) is 11.0. The third-order valence-corrected chi connectivity index (χ3v) is 5.50. The quantitative estimate of drug-likeness (QED) is 0.569. The molecular weight excluding hydrogens is 400 g/mol. The van der Waals surface area contributed by atoms with Crippen LogP contribution in [0.4, 0.5) is 5.69 Å². The summed E-state index contributed by atoms with van der Waals surface area (Å²) >= 11 is 0. The molecule has 0 spiro atoms. The van der Waals surface area contributed by atoms with Crippen molar-refractivity contribution in [3.8, 4) is 11.5 Å². The topological polar surface area (TPSA) is 75.7 Å². The Kier molecular flexibility index (Phi) is 7.08. The predicted octanol–water partition coefficient (Wildman–Crippen LogP) is 3.60. The molecule has 0 saturated heterocycles. The Bertz CT molecular complexity index is 1070. The Morgan fingerprint density at radius 1 is 0.900 bits per heavy atom. The second-order valence-electron chi connectivity index (χ2n) is 6.74. The van der Waals surface area contributed by atoms with Crippen molar-refractivity contribution in [1.29, 1.82) is 0 Å². The van der Waals surface area contributed by atoms with Crippen molar-refractivity contribution in [1.82, 2.24) is 5.32 Å². The van der Waals surface area contributed by atoms with Crippen LogP contribution in [0.5, 0.6) is 11.5 Å². The molecule has 6 nitrogen and oxygen atoms in total. The second kappa shape index (κ2) is 9.93. The van der Waals surface area contributed by atoms with Crippen LogP contribution in [0.1, 0.15) is 5.56 Å². The zero-order valence-electron chi connectivity index (χ0n) is 16.7. The van der Waals surface area contributed by atoms with Gasteiger partial charge in [-0.05, 0) is 36.2 Å². The highest BCUT2D eigenvalue weighted by molar-refractivity contribution is 7.92. The molecular formula is C23H24N2O4S. The van der Waals surface area contributed by atoms with Crippen LogP contribution in [0.25, 0.3) is 0 Å². The molecule has 0 saturated carbocycles. The maximum absolute atomic E-state index is 12.5. The summed E-state index contributed by atoms with van der Waals surface area (Å²) in [5.74, 6) is 0.544. The molecule has 0 radical (unpaired) electrons. The monoisotopic (exact) mass is 424 g/mol. The number of ether oxygens (including phenoxy) is 1. The lowest BCUT2D eigenvalue weighted by Gasteiger charge is -2.24. The van der Waals surface area contributed by atoms with E-state index in [-0.39, 0.29) is 12.5 Å². The molecule has 0 aliphatic heterocycles. The van der Waals surface area contributed by atoms with Gasteiger partial charge < -0.3 is 10.1 Å². The zero-order chi connectivity index (χ0) is 21.4. The molecule has 7 heteroatoms. The number of amides is 1. The molecule has 0 unspecified atom stereocenters. The van der Waals surface area contributed by atoms with Gasteiger partial charge in [-0.25, -0.2) is 8.42 Å². The second-order valence-corrected chi connectivity index (χ2v) is 8.64. The highest BCUT2D eigenvalue weighted by Crippen LogP contribution is 2.33. The Morgan fingerprint density at radius 3 is 2.17 bits per heavy atom. The van der Waals surface area contributed by atoms with E-state index in [1.165, 1.54) is 0 Å². The summed E-state index contributed by atoms with van der Waals surface area (Å²) in [5, 5.41) is 2.79. The number of nitrogens with zero attached hydrogens (tertiary/aromatic N) is 1. The van der Waals surface area contributed by atoms with E-state index in [0.29, 0.717) is 30.2 Å². The standard InChI is InChI=1S/C23H24N2O4S/c1-30(27,28)25(18-23(26)24-17-16-19-10-4-2-5-11-19)21-14-8-9-15-22(21)29-20-12-6-3-7-13-20/h2-15H,16-18H2,1H3,(H,24,26). The van der Waals surface area contributed by atoms with E-state index in [0.717, 1.165) is 16.1 Å². The van der Waals surface area contributed by atoms with Gasteiger partial charge >= 0.3 is 0 Å². The molecule has 3 rings (SSSR count). The van der Waals surface area contributed by atoms with Gasteiger partial charge in [-0.1, -0.05) is 60.7 Å². The van der Waals surface area contributed by atoms with E-state index in [2.05, 4.69) is 5.32 Å². The first-order valence-electron chi connectivity index (χ1n) is 9.54. The van der Waals surface area contributed by atoms with Crippen LogP contribution in [0.3, 0.4) is 0 Å². The van der Waals surface area contributed by atoms with Gasteiger partial charge in [0.25, 0.3) is 0 Å². The minimum absolute atomic E-state index is 0.307. The first kappa shape index (κ1) is 21.4. The minimum atomic E-state index is -3.71. The number of hydrogen-bond acceptors (Lipinski definition) is 4. The van der Waals surface area contributed by atoms with E-state index in [4.69, 9.17) is 4.74 Å². The Morgan fingerprint density at radius 2 is 1.50 bits per heavy atom. The van der Waals surface area contributed by atoms with E-state index < -0.39 is 10.0 Å². The molecule has 30 heavy (non-hydrogen) atoms. The minimum Gasteiger partial charge on any atom is -0.455 e. The van der Waals surface area contributed by atoms with Gasteiger partial charge in [-0.3, -0.25) is 9.10 Å². The van der Waals surface area contributed by atoms with Crippen molar-refractivity contribution in [2.75, 3.05) is 23.7 Å². The first-order chi connectivity index (χ1) is 14.4. The van der Waals surface area contributed by atoms with Crippen LogP contribution in [-0.4, -0.2) is 33.7 Å². The molecule has 0 fully saturated rings. The summed E-state index contributed by atoms with van der Waals surface area (Å²) < 4.78 is 31.8. The highest BCUT2D eigenvalue weighted by Gasteiger charge is 2.24. The van der Waals surface area contributed by atoms with Crippen molar-refractivity contribution in [3.63, 3.8) is 0 Å². The Hall–Kier alpha value is -3.32. The summed E-state index contributed by atoms with van der Waals surface area (Å²) in [6.07, 6.45) is 1.74. The molecule has 0 aromatic heterocycles. The third kappa shape index (κ3) is 6.09. The number of benzene rings is 3. The first-order valence-corrected chi connectivity index (χ1v) is 11.4. The average Bonchev–Trinajstić information content (AvgIpc) is 2.73. The van der Waals surface area contributed by atoms with Crippen LogP contribution < -0.4 is 14.4 Å². The smallest absolute Gasteiger partial charge is 0.240 e. The molecule has 3 aromatic rings. The number of para-hydroxylation sites is 3. The molecule has 0 bridgehead atoms. The third-order valence-electron chi connectivity index (χ3n) is 4.37. The van der Waals surface area contributed by atoms with E-state index in [9.17, 15) is 13.2 Å². The molecule has 0 heterocycles. The van der Waals surface area contributed by atoms with Gasteiger partial charge in [-0.2, -0.15) is 0 Å². The number of rotatable bonds is 9. The van der Waals surface area contributed by atoms with Crippen LogP contribution in [0, 0.1) is 0 Å². The van der Waals surface area contributed by atoms with Gasteiger partial charge in [0.05, 0.1) is 11.9 Å². The fraction of sp³-hybridized carbons (Fsp3) is 0.174. The zero-order valence-corrected chi connectivity index (χ0v) is 17.5. The number of nitrogens with one attached hydrogen (secondary N) is 1. The van der Waals surface area contributed by atoms with Crippen LogP contribution in [0.2, 0.25) is 0 Å². The maximum atomic E-state index is 12.5. The summed E-state index contributed by atoms with van der Waals surface area (Å²) in [5.41, 5.74) is 1.40. The van der Waals surface area contributed by atoms with Gasteiger partial charge in [0.15, 0.2) is 5.75 Å². The van der Waals surface area contributed by atoms with Crippen molar-refractivity contribution in [2.24, 2.45) is 0 Å². The molecule has 0 aliphatic rings. The molecule has 0 aliphatic carbocycles. The van der Waals surface area contributed by atoms with Gasteiger partial charge in [-0.15, -0.1) is 0 Å². The molecule has 1 N–H and O–H groups in total. The van der Waals surface area contributed by atoms with Crippen LogP contribution >= 0.6 is 0 Å². The molecule has 1 amide bonds. The highest BCUT2D eigenvalue weighted by atomic mass is 32.2. The predicted molar refractivity (Wildman–Crippen MR) is 118 cm³/mol. The summed E-state index contributed by atoms with van der Waals surface area (Å²) in [6.45, 7) is 0.0887. The summed E-state index contributed by atoms with van der Waals surface area (Å²) in [4.78, 5) is 12.5. The van der Waals surface area contributed by atoms with Gasteiger partial charge in [0.2, 0.25) is 15.9 Å². The number of carbonyl (C=O) groups excluding carboxylic acids is 1. The van der Waals surface area contributed by atoms with Crippen molar-refractivity contribution < 1.29 is 17.9 Å². The number of hydrogen-bond donors (Lipinski definition) is 1. The van der Waals surface area contributed by atoms with Crippen molar-refractivity contribution in [3.05, 3.63) is 90.5 Å². The molecule has 3 aromatic carbocycles. The van der Waals surface area contributed by atoms with Crippen molar-refractivity contribution >= 4 is 21.6 Å². The SMILES string of the molecule is CS(=O)(=O)N(CC(=O)NCCc1ccccc1)c1ccccc1Oc1ccccc1. The van der Waals surface area contributed by atoms with E-state index in [1.54, 1.807) is 36.4 Å². The lowest BCUT2D eigenvalue weighted by molar-refractivity contribution is -0.119. The fourth-order valence-electron chi connectivity index (χ4n) is 2.92.